The van der Waals surface area contributed by atoms with E-state index in [4.69, 9.17) is 0 Å². The van der Waals surface area contributed by atoms with E-state index in [-0.39, 0.29) is 0 Å². The Bertz CT molecular complexity index is 181. The standard InChI is InChI=1S/C12H21N/c1-3-4-9-12(13-2)10-11-7-5-6-8-11/h11-13H,5-10H2,1-2H3. The van der Waals surface area contributed by atoms with E-state index in [1.807, 2.05) is 6.92 Å². The van der Waals surface area contributed by atoms with Crippen molar-refractivity contribution in [3.63, 3.8) is 0 Å². The monoisotopic (exact) mass is 179 g/mol. The molecule has 0 saturated heterocycles. The molecule has 0 amide bonds. The number of hydrogen-bond donors (Lipinski definition) is 1. The molecule has 1 N–H and O–H groups in total. The molecule has 1 fully saturated rings. The fourth-order valence-electron chi connectivity index (χ4n) is 2.18. The van der Waals surface area contributed by atoms with Crippen LogP contribution < -0.4 is 5.32 Å². The minimum atomic E-state index is 0.621. The lowest BCUT2D eigenvalue weighted by atomic mass is 9.97. The van der Waals surface area contributed by atoms with E-state index >= 15 is 0 Å². The molecule has 1 aliphatic carbocycles. The lowest BCUT2D eigenvalue weighted by Crippen LogP contribution is -2.26. The number of nitrogens with one attached hydrogen (secondary N) is 1. The van der Waals surface area contributed by atoms with Crippen molar-refractivity contribution in [2.75, 3.05) is 7.05 Å². The van der Waals surface area contributed by atoms with Crippen molar-refractivity contribution in [3.05, 3.63) is 0 Å². The van der Waals surface area contributed by atoms with Crippen LogP contribution in [0.3, 0.4) is 0 Å². The zero-order valence-corrected chi connectivity index (χ0v) is 8.90. The van der Waals surface area contributed by atoms with Crippen LogP contribution in [0.2, 0.25) is 0 Å². The third kappa shape index (κ3) is 3.83. The topological polar surface area (TPSA) is 12.0 Å². The van der Waals surface area contributed by atoms with Crippen LogP contribution in [0.15, 0.2) is 0 Å². The average molecular weight is 179 g/mol. The van der Waals surface area contributed by atoms with Crippen LogP contribution in [0.5, 0.6) is 0 Å². The fourth-order valence-corrected chi connectivity index (χ4v) is 2.18. The van der Waals surface area contributed by atoms with Crippen LogP contribution in [-0.2, 0) is 0 Å². The van der Waals surface area contributed by atoms with Gasteiger partial charge in [-0.2, -0.15) is 0 Å². The summed E-state index contributed by atoms with van der Waals surface area (Å²) < 4.78 is 0. The lowest BCUT2D eigenvalue weighted by Gasteiger charge is -2.17. The number of rotatable bonds is 4. The molecule has 0 aromatic carbocycles. The van der Waals surface area contributed by atoms with E-state index in [1.165, 1.54) is 32.1 Å². The second-order valence-corrected chi connectivity index (χ2v) is 4.00. The first kappa shape index (κ1) is 10.6. The maximum atomic E-state index is 3.36. The average Bonchev–Trinajstić information content (AvgIpc) is 2.64. The van der Waals surface area contributed by atoms with Gasteiger partial charge in [-0.05, 0) is 26.3 Å². The summed E-state index contributed by atoms with van der Waals surface area (Å²) in [5.74, 6) is 7.10. The fraction of sp³-hybridized carbons (Fsp3) is 0.833. The Labute approximate surface area is 82.3 Å². The molecule has 13 heavy (non-hydrogen) atoms. The van der Waals surface area contributed by atoms with Gasteiger partial charge in [0.2, 0.25) is 0 Å². The van der Waals surface area contributed by atoms with Gasteiger partial charge in [0.05, 0.1) is 0 Å². The first-order valence-electron chi connectivity index (χ1n) is 5.43. The molecule has 0 heterocycles. The molecule has 0 aliphatic heterocycles. The summed E-state index contributed by atoms with van der Waals surface area (Å²) in [6.45, 7) is 1.92. The van der Waals surface area contributed by atoms with Crippen LogP contribution in [0, 0.1) is 17.8 Å². The maximum absolute atomic E-state index is 3.36. The third-order valence-electron chi connectivity index (χ3n) is 3.03. The summed E-state index contributed by atoms with van der Waals surface area (Å²) in [5, 5.41) is 3.36. The van der Waals surface area contributed by atoms with E-state index in [0.717, 1.165) is 12.3 Å². The van der Waals surface area contributed by atoms with E-state index in [9.17, 15) is 0 Å². The van der Waals surface area contributed by atoms with E-state index in [2.05, 4.69) is 24.2 Å². The van der Waals surface area contributed by atoms with Crippen molar-refractivity contribution >= 4 is 0 Å². The summed E-state index contributed by atoms with van der Waals surface area (Å²) in [6, 6.07) is 0.621. The van der Waals surface area contributed by atoms with Crippen LogP contribution in [-0.4, -0.2) is 13.1 Å². The van der Waals surface area contributed by atoms with Crippen molar-refractivity contribution in [2.24, 2.45) is 5.92 Å². The molecule has 74 valence electrons. The Morgan fingerprint density at radius 2 is 2.08 bits per heavy atom. The molecule has 0 radical (unpaired) electrons. The smallest absolute Gasteiger partial charge is 0.0243 e. The highest BCUT2D eigenvalue weighted by atomic mass is 14.9. The second kappa shape index (κ2) is 6.05. The molecule has 1 atom stereocenters. The van der Waals surface area contributed by atoms with Crippen molar-refractivity contribution in [3.8, 4) is 11.8 Å². The Kier molecular flexibility index (Phi) is 4.93. The van der Waals surface area contributed by atoms with E-state index < -0.39 is 0 Å². The summed E-state index contributed by atoms with van der Waals surface area (Å²) in [7, 11) is 2.05. The molecular weight excluding hydrogens is 158 g/mol. The van der Waals surface area contributed by atoms with Crippen LogP contribution >= 0.6 is 0 Å². The lowest BCUT2D eigenvalue weighted by molar-refractivity contribution is 0.409. The minimum absolute atomic E-state index is 0.621. The molecule has 1 aliphatic rings. The molecule has 1 unspecified atom stereocenters. The predicted octanol–water partition coefficient (Wildman–Crippen LogP) is 2.57. The summed E-state index contributed by atoms with van der Waals surface area (Å²) >= 11 is 0. The zero-order chi connectivity index (χ0) is 9.52. The van der Waals surface area contributed by atoms with Gasteiger partial charge in [-0.15, -0.1) is 11.8 Å². The quantitative estimate of drug-likeness (QED) is 0.654. The highest BCUT2D eigenvalue weighted by Gasteiger charge is 2.18. The predicted molar refractivity (Wildman–Crippen MR) is 57.5 cm³/mol. The van der Waals surface area contributed by atoms with Crippen molar-refractivity contribution in [1.29, 1.82) is 0 Å². The first-order chi connectivity index (χ1) is 6.36. The summed E-state index contributed by atoms with van der Waals surface area (Å²) in [4.78, 5) is 0. The largest absolute Gasteiger partial charge is 0.316 e. The van der Waals surface area contributed by atoms with E-state index in [1.54, 1.807) is 0 Å². The number of hydrogen-bond acceptors (Lipinski definition) is 1. The summed E-state index contributed by atoms with van der Waals surface area (Å²) in [5.41, 5.74) is 0. The molecule has 0 spiro atoms. The van der Waals surface area contributed by atoms with Crippen molar-refractivity contribution in [2.45, 2.75) is 51.5 Å². The minimum Gasteiger partial charge on any atom is -0.316 e. The van der Waals surface area contributed by atoms with E-state index in [0.29, 0.717) is 6.04 Å². The van der Waals surface area contributed by atoms with Crippen molar-refractivity contribution < 1.29 is 0 Å². The molecule has 0 aromatic heterocycles. The van der Waals surface area contributed by atoms with Crippen LogP contribution in [0.25, 0.3) is 0 Å². The normalized spacial score (nSPS) is 19.5. The Hall–Kier alpha value is -0.480. The molecule has 0 aromatic rings. The molecule has 1 nitrogen and oxygen atoms in total. The van der Waals surface area contributed by atoms with Gasteiger partial charge < -0.3 is 5.32 Å². The van der Waals surface area contributed by atoms with Gasteiger partial charge in [0.25, 0.3) is 0 Å². The Balaban J connectivity index is 2.24. The molecule has 1 heteroatoms. The maximum Gasteiger partial charge on any atom is 0.0243 e. The Morgan fingerprint density at radius 3 is 2.62 bits per heavy atom. The van der Waals surface area contributed by atoms with Crippen molar-refractivity contribution in [1.82, 2.24) is 5.32 Å². The van der Waals surface area contributed by atoms with Gasteiger partial charge in [-0.1, -0.05) is 25.7 Å². The summed E-state index contributed by atoms with van der Waals surface area (Å²) in [6.07, 6.45) is 8.12. The first-order valence-corrected chi connectivity index (χ1v) is 5.43. The Morgan fingerprint density at radius 1 is 1.38 bits per heavy atom. The molecular formula is C12H21N. The molecule has 1 rings (SSSR count). The molecule has 1 saturated carbocycles. The SMILES string of the molecule is CC#CCC(CC1CCCC1)NC. The van der Waals surface area contributed by atoms with Gasteiger partial charge in [0.15, 0.2) is 0 Å². The van der Waals surface area contributed by atoms with Gasteiger partial charge in [0, 0.05) is 12.5 Å². The molecule has 0 bridgehead atoms. The second-order valence-electron chi connectivity index (χ2n) is 4.00. The van der Waals surface area contributed by atoms with Crippen LogP contribution in [0.4, 0.5) is 0 Å². The van der Waals surface area contributed by atoms with Gasteiger partial charge in [0.1, 0.15) is 0 Å². The van der Waals surface area contributed by atoms with Gasteiger partial charge in [-0.25, -0.2) is 0 Å². The highest BCUT2D eigenvalue weighted by Crippen LogP contribution is 2.28. The van der Waals surface area contributed by atoms with Crippen LogP contribution in [0.1, 0.15) is 45.4 Å². The third-order valence-corrected chi connectivity index (χ3v) is 3.03. The van der Waals surface area contributed by atoms with Gasteiger partial charge in [-0.3, -0.25) is 0 Å². The zero-order valence-electron chi connectivity index (χ0n) is 8.90. The van der Waals surface area contributed by atoms with Gasteiger partial charge >= 0.3 is 0 Å². The highest BCUT2D eigenvalue weighted by molar-refractivity contribution is 4.98.